The Bertz CT molecular complexity index is 267. The Labute approximate surface area is 159 Å². The second-order valence-corrected chi connectivity index (χ2v) is 3.66. The molecular weight excluding hydrogens is 445 g/mol. The largest absolute Gasteiger partial charge is 3.00 e. The van der Waals surface area contributed by atoms with Crippen molar-refractivity contribution in [1.82, 2.24) is 16.0 Å². The van der Waals surface area contributed by atoms with E-state index in [1.165, 1.54) is 20.8 Å². The van der Waals surface area contributed by atoms with Crippen LogP contribution in [0.1, 0.15) is 20.8 Å². The SMILES string of the molecule is CC(N)NC(=O)[O-].CC(N)NC(=O)[O-].CC(N)NC(=O)[O-].[Gd+3]. The molecule has 1 radical (unpaired) electrons. The van der Waals surface area contributed by atoms with Crippen molar-refractivity contribution in [2.24, 2.45) is 17.2 Å². The molecule has 0 aromatic carbocycles. The minimum atomic E-state index is -1.34. The van der Waals surface area contributed by atoms with Crippen LogP contribution < -0.4 is 48.5 Å². The number of carbonyl (C=O) groups excluding carboxylic acids is 3. The number of amides is 3. The van der Waals surface area contributed by atoms with Crippen LogP contribution in [0, 0.1) is 39.9 Å². The predicted octanol–water partition coefficient (Wildman–Crippen LogP) is -5.33. The van der Waals surface area contributed by atoms with Crippen LogP contribution in [0.4, 0.5) is 14.4 Å². The van der Waals surface area contributed by atoms with Crippen molar-refractivity contribution in [3.8, 4) is 0 Å². The molecule has 0 saturated heterocycles. The molecule has 131 valence electrons. The summed E-state index contributed by atoms with van der Waals surface area (Å²) in [6.07, 6.45) is -5.63. The van der Waals surface area contributed by atoms with Crippen LogP contribution in [0.15, 0.2) is 0 Å². The molecule has 0 aromatic heterocycles. The van der Waals surface area contributed by atoms with Gasteiger partial charge in [0.25, 0.3) is 0 Å². The van der Waals surface area contributed by atoms with Gasteiger partial charge in [-0.2, -0.15) is 0 Å². The Hall–Kier alpha value is -0.985. The summed E-state index contributed by atoms with van der Waals surface area (Å²) < 4.78 is 0. The zero-order chi connectivity index (χ0) is 17.6. The number of nitrogens with one attached hydrogen (secondary N) is 3. The van der Waals surface area contributed by atoms with Crippen molar-refractivity contribution in [2.45, 2.75) is 39.3 Å². The molecule has 0 aliphatic heterocycles. The first-order valence-corrected chi connectivity index (χ1v) is 5.57. The Balaban J connectivity index is -0.000000108. The van der Waals surface area contributed by atoms with Crippen molar-refractivity contribution in [1.29, 1.82) is 0 Å². The summed E-state index contributed by atoms with van der Waals surface area (Å²) in [6, 6.07) is 0. The van der Waals surface area contributed by atoms with Crippen molar-refractivity contribution in [3.05, 3.63) is 0 Å². The molecule has 3 atom stereocenters. The van der Waals surface area contributed by atoms with Gasteiger partial charge in [-0.1, -0.05) is 0 Å². The Kier molecular flexibility index (Phi) is 23.9. The third kappa shape index (κ3) is 50.9. The summed E-state index contributed by atoms with van der Waals surface area (Å²) in [5, 5.41) is 34.2. The number of hydrogen-bond acceptors (Lipinski definition) is 9. The molecule has 22 heavy (non-hydrogen) atoms. The van der Waals surface area contributed by atoms with Crippen molar-refractivity contribution < 1.29 is 69.6 Å². The molecule has 3 unspecified atom stereocenters. The van der Waals surface area contributed by atoms with Gasteiger partial charge < -0.3 is 62.9 Å². The fourth-order valence-electron chi connectivity index (χ4n) is 0.558. The normalized spacial score (nSPS) is 12.3. The second-order valence-electron chi connectivity index (χ2n) is 3.66. The van der Waals surface area contributed by atoms with E-state index in [0.29, 0.717) is 0 Å². The molecular formula is C9H21GdN6O6. The maximum Gasteiger partial charge on any atom is 3.00 e. The molecule has 0 bridgehead atoms. The van der Waals surface area contributed by atoms with E-state index in [1.54, 1.807) is 0 Å². The Morgan fingerprint density at radius 3 is 0.818 bits per heavy atom. The van der Waals surface area contributed by atoms with E-state index in [4.69, 9.17) is 17.2 Å². The summed E-state index contributed by atoms with van der Waals surface area (Å²) >= 11 is 0. The van der Waals surface area contributed by atoms with Gasteiger partial charge in [0.05, 0.1) is 18.5 Å². The minimum Gasteiger partial charge on any atom is -0.530 e. The Morgan fingerprint density at radius 2 is 0.818 bits per heavy atom. The quantitative estimate of drug-likeness (QED) is 0.217. The van der Waals surface area contributed by atoms with E-state index in [-0.39, 0.29) is 39.9 Å². The molecule has 0 fully saturated rings. The molecule has 0 rings (SSSR count). The maximum atomic E-state index is 9.51. The van der Waals surface area contributed by atoms with Gasteiger partial charge in [-0.05, 0) is 20.8 Å². The first kappa shape index (κ1) is 29.1. The van der Waals surface area contributed by atoms with Gasteiger partial charge >= 0.3 is 39.9 Å². The van der Waals surface area contributed by atoms with E-state index >= 15 is 0 Å². The van der Waals surface area contributed by atoms with Gasteiger partial charge in [0.15, 0.2) is 0 Å². The van der Waals surface area contributed by atoms with Crippen LogP contribution in [-0.2, 0) is 0 Å². The summed E-state index contributed by atoms with van der Waals surface area (Å²) in [7, 11) is 0. The average Bonchev–Trinajstić information content (AvgIpc) is 2.10. The average molecular weight is 467 g/mol. The fraction of sp³-hybridized carbons (Fsp3) is 0.667. The van der Waals surface area contributed by atoms with Gasteiger partial charge in [0.2, 0.25) is 0 Å². The van der Waals surface area contributed by atoms with Crippen LogP contribution >= 0.6 is 0 Å². The van der Waals surface area contributed by atoms with E-state index in [2.05, 4.69) is 0 Å². The van der Waals surface area contributed by atoms with Gasteiger partial charge in [-0.15, -0.1) is 0 Å². The topological polar surface area (TPSA) is 235 Å². The van der Waals surface area contributed by atoms with E-state index in [1.807, 2.05) is 16.0 Å². The molecule has 13 heteroatoms. The molecule has 0 heterocycles. The molecule has 0 aromatic rings. The van der Waals surface area contributed by atoms with E-state index in [0.717, 1.165) is 0 Å². The number of hydrogen-bond donors (Lipinski definition) is 6. The first-order valence-electron chi connectivity index (χ1n) is 5.57. The van der Waals surface area contributed by atoms with Gasteiger partial charge in [-0.25, -0.2) is 0 Å². The Morgan fingerprint density at radius 1 is 0.682 bits per heavy atom. The monoisotopic (exact) mass is 467 g/mol. The van der Waals surface area contributed by atoms with Crippen molar-refractivity contribution in [2.75, 3.05) is 0 Å². The minimum absolute atomic E-state index is 0. The maximum absolute atomic E-state index is 9.51. The standard InChI is InChI=1S/3C3H8N2O2.Gd/c3*1-2(4)5-3(6)7;/h3*2,5H,4H2,1H3,(H,6,7);/q;;;+3/p-3. The predicted molar refractivity (Wildman–Crippen MR) is 66.5 cm³/mol. The van der Waals surface area contributed by atoms with Gasteiger partial charge in [-0.3, -0.25) is 0 Å². The summed E-state index contributed by atoms with van der Waals surface area (Å²) in [5.41, 5.74) is 14.9. The molecule has 0 aliphatic carbocycles. The van der Waals surface area contributed by atoms with Crippen LogP contribution in [0.5, 0.6) is 0 Å². The smallest absolute Gasteiger partial charge is 0.530 e. The van der Waals surface area contributed by atoms with Gasteiger partial charge in [0.1, 0.15) is 18.3 Å². The second kappa shape index (κ2) is 18.1. The molecule has 3 amide bonds. The molecule has 9 N–H and O–H groups in total. The number of rotatable bonds is 3. The fourth-order valence-corrected chi connectivity index (χ4v) is 0.558. The number of carbonyl (C=O) groups is 3. The number of nitrogens with two attached hydrogens (primary N) is 3. The van der Waals surface area contributed by atoms with Gasteiger partial charge in [0, 0.05) is 0 Å². The number of carboxylic acid groups (broad SMARTS) is 3. The van der Waals surface area contributed by atoms with Crippen LogP contribution in [0.25, 0.3) is 0 Å². The van der Waals surface area contributed by atoms with E-state index < -0.39 is 36.8 Å². The van der Waals surface area contributed by atoms with E-state index in [9.17, 15) is 29.7 Å². The molecule has 0 aliphatic rings. The van der Waals surface area contributed by atoms with Crippen LogP contribution in [0.2, 0.25) is 0 Å². The van der Waals surface area contributed by atoms with Crippen LogP contribution in [-0.4, -0.2) is 36.8 Å². The summed E-state index contributed by atoms with van der Waals surface area (Å²) in [5.74, 6) is 0. The molecule has 0 saturated carbocycles. The molecule has 0 spiro atoms. The van der Waals surface area contributed by atoms with Crippen LogP contribution in [0.3, 0.4) is 0 Å². The summed E-state index contributed by atoms with van der Waals surface area (Å²) in [6.45, 7) is 4.53. The van der Waals surface area contributed by atoms with Crippen molar-refractivity contribution in [3.63, 3.8) is 0 Å². The third-order valence-corrected chi connectivity index (χ3v) is 1.04. The van der Waals surface area contributed by atoms with Crippen molar-refractivity contribution >= 4 is 18.3 Å². The third-order valence-electron chi connectivity index (χ3n) is 1.04. The summed E-state index contributed by atoms with van der Waals surface area (Å²) in [4.78, 5) is 28.5. The molecule has 12 nitrogen and oxygen atoms in total. The zero-order valence-electron chi connectivity index (χ0n) is 12.3. The first-order chi connectivity index (χ1) is 9.38. The zero-order valence-corrected chi connectivity index (χ0v) is 14.5.